The van der Waals surface area contributed by atoms with Crippen molar-refractivity contribution >= 4 is 16.9 Å². The van der Waals surface area contributed by atoms with Gasteiger partial charge in [0.15, 0.2) is 17.5 Å². The van der Waals surface area contributed by atoms with Crippen molar-refractivity contribution in [3.05, 3.63) is 65.4 Å². The van der Waals surface area contributed by atoms with E-state index in [1.54, 1.807) is 25.2 Å². The Morgan fingerprint density at radius 3 is 2.75 bits per heavy atom. The SMILES string of the molecule is CN=C(NCCc1c[nH]c2ccc(F)cc12)N(C)Cc1ccc(OC)c(F)c1. The van der Waals surface area contributed by atoms with Gasteiger partial charge >= 0.3 is 0 Å². The molecule has 0 atom stereocenters. The van der Waals surface area contributed by atoms with E-state index in [0.717, 1.165) is 22.0 Å². The minimum absolute atomic E-state index is 0.226. The number of ether oxygens (including phenoxy) is 1. The molecule has 0 unspecified atom stereocenters. The lowest BCUT2D eigenvalue weighted by Gasteiger charge is -2.22. The summed E-state index contributed by atoms with van der Waals surface area (Å²) < 4.78 is 32.3. The summed E-state index contributed by atoms with van der Waals surface area (Å²) in [7, 11) is 5.03. The molecule has 28 heavy (non-hydrogen) atoms. The van der Waals surface area contributed by atoms with Crippen LogP contribution in [0.3, 0.4) is 0 Å². The summed E-state index contributed by atoms with van der Waals surface area (Å²) in [6, 6.07) is 9.63. The van der Waals surface area contributed by atoms with Crippen molar-refractivity contribution in [2.45, 2.75) is 13.0 Å². The Morgan fingerprint density at radius 2 is 2.04 bits per heavy atom. The fraction of sp³-hybridized carbons (Fsp3) is 0.286. The zero-order chi connectivity index (χ0) is 20.1. The summed E-state index contributed by atoms with van der Waals surface area (Å²) in [5.41, 5.74) is 2.77. The van der Waals surface area contributed by atoms with Crippen molar-refractivity contribution in [2.75, 3.05) is 27.7 Å². The Labute approximate surface area is 163 Å². The van der Waals surface area contributed by atoms with Crippen LogP contribution in [0.25, 0.3) is 10.9 Å². The third-order valence-corrected chi connectivity index (χ3v) is 4.62. The van der Waals surface area contributed by atoms with Gasteiger partial charge in [-0.2, -0.15) is 0 Å². The third kappa shape index (κ3) is 4.42. The molecule has 0 radical (unpaired) electrons. The first-order valence-electron chi connectivity index (χ1n) is 9.01. The van der Waals surface area contributed by atoms with Crippen LogP contribution < -0.4 is 10.1 Å². The van der Waals surface area contributed by atoms with Gasteiger partial charge < -0.3 is 19.9 Å². The molecular weight excluding hydrogens is 362 g/mol. The quantitative estimate of drug-likeness (QED) is 0.502. The van der Waals surface area contributed by atoms with E-state index in [1.165, 1.54) is 19.2 Å². The maximum atomic E-state index is 13.9. The average Bonchev–Trinajstić information content (AvgIpc) is 3.07. The molecule has 1 heterocycles. The van der Waals surface area contributed by atoms with Gasteiger partial charge in [0.05, 0.1) is 7.11 Å². The number of benzene rings is 2. The number of aromatic amines is 1. The zero-order valence-corrected chi connectivity index (χ0v) is 16.2. The van der Waals surface area contributed by atoms with Crippen molar-refractivity contribution in [3.8, 4) is 5.75 Å². The Kier molecular flexibility index (Phi) is 6.13. The molecule has 2 aromatic carbocycles. The lowest BCUT2D eigenvalue weighted by atomic mass is 10.1. The second-order valence-corrected chi connectivity index (χ2v) is 6.55. The van der Waals surface area contributed by atoms with Crippen molar-refractivity contribution < 1.29 is 13.5 Å². The smallest absolute Gasteiger partial charge is 0.193 e. The highest BCUT2D eigenvalue weighted by molar-refractivity contribution is 5.83. The van der Waals surface area contributed by atoms with E-state index in [1.807, 2.05) is 24.2 Å². The first-order chi connectivity index (χ1) is 13.5. The number of guanidine groups is 1. The van der Waals surface area contributed by atoms with Crippen LogP contribution in [-0.2, 0) is 13.0 Å². The number of halogens is 2. The molecule has 1 aromatic heterocycles. The van der Waals surface area contributed by atoms with Crippen LogP contribution in [0.1, 0.15) is 11.1 Å². The monoisotopic (exact) mass is 386 g/mol. The van der Waals surface area contributed by atoms with Crippen molar-refractivity contribution in [3.63, 3.8) is 0 Å². The van der Waals surface area contributed by atoms with E-state index in [2.05, 4.69) is 15.3 Å². The summed E-state index contributed by atoms with van der Waals surface area (Å²) in [5.74, 6) is 0.290. The third-order valence-electron chi connectivity index (χ3n) is 4.62. The number of hydrogen-bond donors (Lipinski definition) is 2. The maximum Gasteiger partial charge on any atom is 0.193 e. The number of H-pyrrole nitrogens is 1. The summed E-state index contributed by atoms with van der Waals surface area (Å²) in [6.07, 6.45) is 2.62. The van der Waals surface area contributed by atoms with Crippen LogP contribution in [0.5, 0.6) is 5.75 Å². The van der Waals surface area contributed by atoms with E-state index < -0.39 is 0 Å². The van der Waals surface area contributed by atoms with Gasteiger partial charge in [-0.15, -0.1) is 0 Å². The van der Waals surface area contributed by atoms with Gasteiger partial charge in [-0.3, -0.25) is 4.99 Å². The van der Waals surface area contributed by atoms with Crippen molar-refractivity contribution in [1.82, 2.24) is 15.2 Å². The summed E-state index contributed by atoms with van der Waals surface area (Å²) in [5, 5.41) is 4.18. The molecule has 3 aromatic rings. The minimum atomic E-state index is -0.386. The van der Waals surface area contributed by atoms with Gasteiger partial charge in [0, 0.05) is 44.3 Å². The van der Waals surface area contributed by atoms with Gasteiger partial charge in [-0.1, -0.05) is 6.07 Å². The molecule has 148 valence electrons. The average molecular weight is 386 g/mol. The zero-order valence-electron chi connectivity index (χ0n) is 16.2. The van der Waals surface area contributed by atoms with E-state index >= 15 is 0 Å². The Balaban J connectivity index is 1.59. The van der Waals surface area contributed by atoms with Gasteiger partial charge in [0.25, 0.3) is 0 Å². The van der Waals surface area contributed by atoms with E-state index in [0.29, 0.717) is 25.5 Å². The Morgan fingerprint density at radius 1 is 1.21 bits per heavy atom. The highest BCUT2D eigenvalue weighted by Gasteiger charge is 2.10. The molecule has 0 amide bonds. The first kappa shape index (κ1) is 19.7. The fourth-order valence-electron chi connectivity index (χ4n) is 3.21. The number of methoxy groups -OCH3 is 1. The normalized spacial score (nSPS) is 11.7. The van der Waals surface area contributed by atoms with E-state index in [-0.39, 0.29) is 17.4 Å². The van der Waals surface area contributed by atoms with E-state index in [9.17, 15) is 8.78 Å². The predicted molar refractivity (Wildman–Crippen MR) is 108 cm³/mol. The molecule has 2 N–H and O–H groups in total. The molecule has 0 aliphatic rings. The van der Waals surface area contributed by atoms with Gasteiger partial charge in [-0.25, -0.2) is 8.78 Å². The van der Waals surface area contributed by atoms with E-state index in [4.69, 9.17) is 4.74 Å². The molecule has 0 spiro atoms. The number of rotatable bonds is 6. The summed E-state index contributed by atoms with van der Waals surface area (Å²) in [6.45, 7) is 1.14. The van der Waals surface area contributed by atoms with Gasteiger partial charge in [-0.05, 0) is 47.9 Å². The van der Waals surface area contributed by atoms with Crippen LogP contribution in [0.15, 0.2) is 47.6 Å². The number of aromatic nitrogens is 1. The van der Waals surface area contributed by atoms with Crippen molar-refractivity contribution in [1.29, 1.82) is 0 Å². The fourth-order valence-corrected chi connectivity index (χ4v) is 3.21. The number of hydrogen-bond acceptors (Lipinski definition) is 2. The molecule has 0 saturated carbocycles. The topological polar surface area (TPSA) is 52.7 Å². The van der Waals surface area contributed by atoms with Crippen LogP contribution in [0, 0.1) is 11.6 Å². The standard InChI is InChI=1S/C21H24F2N4O/c1-24-21(27(2)13-14-4-7-20(28-3)18(23)10-14)25-9-8-15-12-26-19-6-5-16(22)11-17(15)19/h4-7,10-12,26H,8-9,13H2,1-3H3,(H,24,25). The number of fused-ring (bicyclic) bond motifs is 1. The minimum Gasteiger partial charge on any atom is -0.494 e. The van der Waals surface area contributed by atoms with Crippen LogP contribution >= 0.6 is 0 Å². The Bertz CT molecular complexity index is 984. The first-order valence-corrected chi connectivity index (χ1v) is 9.01. The lowest BCUT2D eigenvalue weighted by molar-refractivity contribution is 0.385. The molecule has 7 heteroatoms. The predicted octanol–water partition coefficient (Wildman–Crippen LogP) is 3.70. The second-order valence-electron chi connectivity index (χ2n) is 6.55. The molecule has 0 fully saturated rings. The molecule has 3 rings (SSSR count). The van der Waals surface area contributed by atoms with Crippen molar-refractivity contribution in [2.24, 2.45) is 4.99 Å². The molecule has 0 aliphatic heterocycles. The molecular formula is C21H24F2N4O. The summed E-state index contributed by atoms with van der Waals surface area (Å²) in [4.78, 5) is 9.35. The number of nitrogens with one attached hydrogen (secondary N) is 2. The molecule has 5 nitrogen and oxygen atoms in total. The van der Waals surface area contributed by atoms with Crippen LogP contribution in [0.4, 0.5) is 8.78 Å². The van der Waals surface area contributed by atoms with Gasteiger partial charge in [0.1, 0.15) is 5.82 Å². The molecule has 0 bridgehead atoms. The van der Waals surface area contributed by atoms with Crippen LogP contribution in [0.2, 0.25) is 0 Å². The highest BCUT2D eigenvalue weighted by Crippen LogP contribution is 2.20. The van der Waals surface area contributed by atoms with Gasteiger partial charge in [0.2, 0.25) is 0 Å². The molecule has 0 aliphatic carbocycles. The lowest BCUT2D eigenvalue weighted by Crippen LogP contribution is -2.39. The number of nitrogens with zero attached hydrogens (tertiary/aromatic N) is 2. The number of aliphatic imine (C=N–C) groups is 1. The molecule has 0 saturated heterocycles. The maximum absolute atomic E-state index is 13.9. The van der Waals surface area contributed by atoms with Crippen LogP contribution in [-0.4, -0.2) is 43.6 Å². The highest BCUT2D eigenvalue weighted by atomic mass is 19.1. The second kappa shape index (κ2) is 8.73. The summed E-state index contributed by atoms with van der Waals surface area (Å²) >= 11 is 0. The largest absolute Gasteiger partial charge is 0.494 e. The Hall–Kier alpha value is -3.09.